The molecule has 1 saturated heterocycles. The van der Waals surface area contributed by atoms with Crippen molar-refractivity contribution in [2.75, 3.05) is 6.54 Å². The Hall–Kier alpha value is -1.83. The number of hydrogen-bond acceptors (Lipinski definition) is 7. The summed E-state index contributed by atoms with van der Waals surface area (Å²) in [6, 6.07) is -0.0985. The Morgan fingerprint density at radius 2 is 2.53 bits per heavy atom. The fraction of sp³-hybridized carbons (Fsp3) is 0.545. The lowest BCUT2D eigenvalue weighted by Gasteiger charge is -2.20. The molecule has 1 atom stereocenters. The number of nitrogens with zero attached hydrogens (tertiary/aromatic N) is 5. The molecule has 8 heteroatoms. The predicted molar refractivity (Wildman–Crippen MR) is 66.6 cm³/mol. The second kappa shape index (κ2) is 5.04. The van der Waals surface area contributed by atoms with E-state index in [1.165, 1.54) is 6.20 Å². The van der Waals surface area contributed by atoms with Gasteiger partial charge in [0.1, 0.15) is 4.88 Å². The zero-order chi connectivity index (χ0) is 13.2. The van der Waals surface area contributed by atoms with Gasteiger partial charge in [0.25, 0.3) is 5.91 Å². The molecule has 3 heterocycles. The third-order valence-corrected chi connectivity index (χ3v) is 3.82. The molecule has 2 aromatic heterocycles. The summed E-state index contributed by atoms with van der Waals surface area (Å²) in [6.07, 6.45) is 4.00. The molecule has 7 nitrogen and oxygen atoms in total. The summed E-state index contributed by atoms with van der Waals surface area (Å²) in [4.78, 5) is 19.0. The van der Waals surface area contributed by atoms with Crippen LogP contribution >= 0.6 is 11.5 Å². The monoisotopic (exact) mass is 279 g/mol. The van der Waals surface area contributed by atoms with Gasteiger partial charge in [-0.3, -0.25) is 4.79 Å². The van der Waals surface area contributed by atoms with Crippen molar-refractivity contribution in [2.45, 2.75) is 32.2 Å². The summed E-state index contributed by atoms with van der Waals surface area (Å²) in [6.45, 7) is 2.66. The summed E-state index contributed by atoms with van der Waals surface area (Å²) >= 11 is 1.11. The van der Waals surface area contributed by atoms with E-state index >= 15 is 0 Å². The number of carbonyl (C=O) groups excluding carboxylic acids is 1. The van der Waals surface area contributed by atoms with Crippen LogP contribution < -0.4 is 0 Å². The zero-order valence-corrected chi connectivity index (χ0v) is 11.3. The number of aryl methyl sites for hydroxylation is 1. The first-order valence-corrected chi connectivity index (χ1v) is 6.97. The summed E-state index contributed by atoms with van der Waals surface area (Å²) in [5.41, 5.74) is 0. The number of rotatable bonds is 3. The first-order valence-electron chi connectivity index (χ1n) is 6.20. The summed E-state index contributed by atoms with van der Waals surface area (Å²) in [7, 11) is 0. The summed E-state index contributed by atoms with van der Waals surface area (Å²) in [5.74, 6) is 1.15. The maximum atomic E-state index is 12.3. The molecule has 19 heavy (non-hydrogen) atoms. The fourth-order valence-electron chi connectivity index (χ4n) is 2.23. The van der Waals surface area contributed by atoms with E-state index in [0.717, 1.165) is 24.4 Å². The minimum Gasteiger partial charge on any atom is -0.339 e. The van der Waals surface area contributed by atoms with Crippen LogP contribution in [0, 0.1) is 0 Å². The van der Waals surface area contributed by atoms with Crippen LogP contribution in [0.25, 0.3) is 0 Å². The minimum absolute atomic E-state index is 0.0552. The van der Waals surface area contributed by atoms with Crippen molar-refractivity contribution in [3.8, 4) is 0 Å². The quantitative estimate of drug-likeness (QED) is 0.845. The largest absolute Gasteiger partial charge is 0.339 e. The van der Waals surface area contributed by atoms with Crippen molar-refractivity contribution in [2.24, 2.45) is 0 Å². The minimum atomic E-state index is -0.0985. The van der Waals surface area contributed by atoms with Crippen LogP contribution in [0.15, 0.2) is 10.7 Å². The molecule has 0 radical (unpaired) electrons. The molecule has 0 spiro atoms. The average molecular weight is 279 g/mol. The summed E-state index contributed by atoms with van der Waals surface area (Å²) < 4.78 is 8.85. The lowest BCUT2D eigenvalue weighted by Crippen LogP contribution is -2.30. The van der Waals surface area contributed by atoms with Crippen LogP contribution in [0.1, 0.15) is 47.2 Å². The molecule has 1 fully saturated rings. The highest BCUT2D eigenvalue weighted by Gasteiger charge is 2.34. The molecule has 0 aliphatic carbocycles. The Labute approximate surface area is 113 Å². The molecule has 0 saturated carbocycles. The van der Waals surface area contributed by atoms with Gasteiger partial charge in [0.05, 0.1) is 12.2 Å². The highest BCUT2D eigenvalue weighted by atomic mass is 32.1. The first-order chi connectivity index (χ1) is 9.29. The molecule has 2 aromatic rings. The van der Waals surface area contributed by atoms with Crippen LogP contribution in [0.5, 0.6) is 0 Å². The highest BCUT2D eigenvalue weighted by molar-refractivity contribution is 7.07. The number of hydrogen-bond donors (Lipinski definition) is 0. The van der Waals surface area contributed by atoms with Crippen molar-refractivity contribution in [3.63, 3.8) is 0 Å². The van der Waals surface area contributed by atoms with E-state index in [4.69, 9.17) is 4.52 Å². The van der Waals surface area contributed by atoms with Crippen LogP contribution in [0.3, 0.4) is 0 Å². The smallest absolute Gasteiger partial charge is 0.267 e. The van der Waals surface area contributed by atoms with Crippen LogP contribution in [0.4, 0.5) is 0 Å². The van der Waals surface area contributed by atoms with Crippen molar-refractivity contribution < 1.29 is 9.32 Å². The normalized spacial score (nSPS) is 19.0. The van der Waals surface area contributed by atoms with Crippen LogP contribution in [-0.4, -0.2) is 37.1 Å². The fourth-order valence-corrected chi connectivity index (χ4v) is 2.70. The van der Waals surface area contributed by atoms with Crippen LogP contribution in [-0.2, 0) is 6.42 Å². The maximum Gasteiger partial charge on any atom is 0.267 e. The molecule has 3 rings (SSSR count). The van der Waals surface area contributed by atoms with Gasteiger partial charge in [0, 0.05) is 13.0 Å². The predicted octanol–water partition coefficient (Wildman–Crippen LogP) is 1.46. The van der Waals surface area contributed by atoms with Gasteiger partial charge in [-0.25, -0.2) is 0 Å². The lowest BCUT2D eigenvalue weighted by molar-refractivity contribution is 0.0733. The Morgan fingerprint density at radius 3 is 3.21 bits per heavy atom. The molecule has 100 valence electrons. The Morgan fingerprint density at radius 1 is 1.63 bits per heavy atom. The zero-order valence-electron chi connectivity index (χ0n) is 10.4. The topological polar surface area (TPSA) is 85.0 Å². The van der Waals surface area contributed by atoms with Crippen molar-refractivity contribution in [1.82, 2.24) is 24.6 Å². The Kier molecular flexibility index (Phi) is 3.24. The van der Waals surface area contributed by atoms with E-state index in [1.807, 2.05) is 6.92 Å². The van der Waals surface area contributed by atoms with Crippen molar-refractivity contribution >= 4 is 17.4 Å². The second-order valence-corrected chi connectivity index (χ2v) is 5.12. The molecule has 1 aliphatic rings. The van der Waals surface area contributed by atoms with Gasteiger partial charge in [-0.2, -0.15) is 4.98 Å². The lowest BCUT2D eigenvalue weighted by atomic mass is 10.2. The molecular formula is C11H13N5O2S. The molecule has 1 amide bonds. The van der Waals surface area contributed by atoms with Gasteiger partial charge < -0.3 is 9.42 Å². The van der Waals surface area contributed by atoms with Crippen molar-refractivity contribution in [1.29, 1.82) is 0 Å². The van der Waals surface area contributed by atoms with Gasteiger partial charge in [-0.15, -0.1) is 5.10 Å². The van der Waals surface area contributed by atoms with Gasteiger partial charge >= 0.3 is 0 Å². The van der Waals surface area contributed by atoms with E-state index in [2.05, 4.69) is 19.7 Å². The van der Waals surface area contributed by atoms with Gasteiger partial charge in [0.2, 0.25) is 5.89 Å². The Bertz CT molecular complexity index is 567. The third-order valence-electron chi connectivity index (χ3n) is 3.17. The average Bonchev–Trinajstić information content (AvgIpc) is 3.16. The summed E-state index contributed by atoms with van der Waals surface area (Å²) in [5, 5.41) is 7.68. The standard InChI is InChI=1S/C11H13N5O2S/c1-2-9-13-10(14-18-9)7-4-3-5-16(7)11(17)8-6-12-15-19-8/h6-7H,2-5H2,1H3. The third kappa shape index (κ3) is 2.23. The van der Waals surface area contributed by atoms with Crippen molar-refractivity contribution in [3.05, 3.63) is 22.8 Å². The van der Waals surface area contributed by atoms with E-state index < -0.39 is 0 Å². The van der Waals surface area contributed by atoms with E-state index in [0.29, 0.717) is 29.6 Å². The van der Waals surface area contributed by atoms with Crippen LogP contribution in [0.2, 0.25) is 0 Å². The van der Waals surface area contributed by atoms with Gasteiger partial charge in [0.15, 0.2) is 5.82 Å². The van der Waals surface area contributed by atoms with Gasteiger partial charge in [-0.05, 0) is 24.4 Å². The SMILES string of the molecule is CCc1nc(C2CCCN2C(=O)c2cnns2)no1. The number of carbonyl (C=O) groups is 1. The molecule has 0 bridgehead atoms. The molecule has 1 aliphatic heterocycles. The van der Waals surface area contributed by atoms with E-state index in [1.54, 1.807) is 4.90 Å². The second-order valence-electron chi connectivity index (χ2n) is 4.34. The molecule has 0 N–H and O–H groups in total. The molecule has 1 unspecified atom stereocenters. The highest BCUT2D eigenvalue weighted by Crippen LogP contribution is 2.31. The molecular weight excluding hydrogens is 266 g/mol. The maximum absolute atomic E-state index is 12.3. The molecule has 0 aromatic carbocycles. The van der Waals surface area contributed by atoms with E-state index in [9.17, 15) is 4.79 Å². The first kappa shape index (κ1) is 12.2. The van der Waals surface area contributed by atoms with Gasteiger partial charge in [-0.1, -0.05) is 16.6 Å². The number of aromatic nitrogens is 4. The number of likely N-dealkylation sites (tertiary alicyclic amines) is 1. The van der Waals surface area contributed by atoms with E-state index in [-0.39, 0.29) is 11.9 Å². The Balaban J connectivity index is 1.83. The number of amides is 1.